The number of halogens is 1. The van der Waals surface area contributed by atoms with Crippen LogP contribution in [0, 0.1) is 18.8 Å². The number of unbranched alkanes of at least 4 members (excludes halogenated alkanes) is 2. The lowest BCUT2D eigenvalue weighted by atomic mass is 10.0. The fourth-order valence-corrected chi connectivity index (χ4v) is 3.98. The molecule has 3 N–H and O–H groups in total. The molecule has 0 fully saturated rings. The maximum atomic E-state index is 5.71. The number of benzene rings is 2. The molecule has 2 aromatic carbocycles. The van der Waals surface area contributed by atoms with Crippen molar-refractivity contribution in [2.24, 2.45) is 5.73 Å². The fourth-order valence-electron chi connectivity index (χ4n) is 3.56. The van der Waals surface area contributed by atoms with Crippen LogP contribution in [0.3, 0.4) is 0 Å². The van der Waals surface area contributed by atoms with Gasteiger partial charge in [0.2, 0.25) is 0 Å². The molecular weight excluding hydrogens is 452 g/mol. The molecule has 5 nitrogen and oxygen atoms in total. The highest BCUT2D eigenvalue weighted by molar-refractivity contribution is 9.10. The Bertz CT molecular complexity index is 1100. The van der Waals surface area contributed by atoms with Crippen LogP contribution in [0.1, 0.15) is 49.2 Å². The summed E-state index contributed by atoms with van der Waals surface area (Å²) in [6.07, 6.45) is 3.86. The van der Waals surface area contributed by atoms with Crippen LogP contribution in [0.4, 0.5) is 5.82 Å². The van der Waals surface area contributed by atoms with Crippen molar-refractivity contribution in [3.05, 3.63) is 57.8 Å². The third-order valence-corrected chi connectivity index (χ3v) is 5.63. The minimum atomic E-state index is 0.0929. The van der Waals surface area contributed by atoms with Crippen molar-refractivity contribution in [1.82, 2.24) is 9.97 Å². The first-order valence-electron chi connectivity index (χ1n) is 10.5. The fraction of sp³-hybridized carbons (Fsp3) is 0.360. The van der Waals surface area contributed by atoms with E-state index < -0.39 is 0 Å². The molecule has 1 atom stereocenters. The Labute approximate surface area is 192 Å². The predicted molar refractivity (Wildman–Crippen MR) is 131 cm³/mol. The van der Waals surface area contributed by atoms with E-state index in [9.17, 15) is 0 Å². The zero-order valence-corrected chi connectivity index (χ0v) is 19.9. The first kappa shape index (κ1) is 23.1. The third-order valence-electron chi connectivity index (χ3n) is 5.14. The highest BCUT2D eigenvalue weighted by atomic mass is 79.9. The highest BCUT2D eigenvalue weighted by Crippen LogP contribution is 2.32. The van der Waals surface area contributed by atoms with E-state index >= 15 is 0 Å². The second-order valence-electron chi connectivity index (χ2n) is 7.49. The summed E-state index contributed by atoms with van der Waals surface area (Å²) in [4.78, 5) is 9.37. The van der Waals surface area contributed by atoms with Crippen LogP contribution in [0.25, 0.3) is 10.9 Å². The maximum absolute atomic E-state index is 5.71. The molecule has 0 aliphatic carbocycles. The van der Waals surface area contributed by atoms with Crippen LogP contribution >= 0.6 is 15.9 Å². The summed E-state index contributed by atoms with van der Waals surface area (Å²) in [5.41, 5.74) is 8.67. The normalized spacial score (nSPS) is 11.6. The smallest absolute Gasteiger partial charge is 0.138 e. The largest absolute Gasteiger partial charge is 0.496 e. The molecule has 162 valence electrons. The Morgan fingerprint density at radius 2 is 2.00 bits per heavy atom. The lowest BCUT2D eigenvalue weighted by Crippen LogP contribution is -2.10. The molecule has 0 amide bonds. The number of aromatic nitrogens is 2. The van der Waals surface area contributed by atoms with Crippen LogP contribution in [0.2, 0.25) is 0 Å². The van der Waals surface area contributed by atoms with Gasteiger partial charge in [-0.15, -0.1) is 5.92 Å². The van der Waals surface area contributed by atoms with Gasteiger partial charge in [0.15, 0.2) is 0 Å². The standard InChI is InChI=1S/C25H29BrN4O/c1-17(19-11-9-12-21(26)14-19)28-25-22-16-24(31-3)20(10-7-5-4-6-8-13-27)15-23(22)29-18(2)30-25/h9,11-12,14-17H,4-5,7,10,13,27H2,1-3H3,(H,28,29,30). The van der Waals surface area contributed by atoms with E-state index in [0.717, 1.165) is 64.0 Å². The summed E-state index contributed by atoms with van der Waals surface area (Å²) in [5.74, 6) is 8.43. The Kier molecular flexibility index (Phi) is 8.27. The molecule has 6 heteroatoms. The monoisotopic (exact) mass is 480 g/mol. The molecule has 3 rings (SSSR count). The van der Waals surface area contributed by atoms with Gasteiger partial charge in [0, 0.05) is 16.3 Å². The van der Waals surface area contributed by atoms with E-state index in [4.69, 9.17) is 10.5 Å². The van der Waals surface area contributed by atoms with Crippen LogP contribution in [0.5, 0.6) is 5.75 Å². The van der Waals surface area contributed by atoms with E-state index in [1.807, 2.05) is 25.1 Å². The van der Waals surface area contributed by atoms with Crippen LogP contribution in [0.15, 0.2) is 40.9 Å². The Morgan fingerprint density at radius 1 is 1.16 bits per heavy atom. The first-order valence-corrected chi connectivity index (χ1v) is 11.3. The molecule has 1 unspecified atom stereocenters. The molecule has 0 radical (unpaired) electrons. The van der Waals surface area contributed by atoms with Crippen molar-refractivity contribution in [2.45, 2.75) is 45.6 Å². The Balaban J connectivity index is 1.86. The number of rotatable bonds is 8. The second-order valence-corrected chi connectivity index (χ2v) is 8.40. The number of hydrogen-bond donors (Lipinski definition) is 2. The van der Waals surface area contributed by atoms with Gasteiger partial charge in [-0.1, -0.05) is 34.0 Å². The lowest BCUT2D eigenvalue weighted by Gasteiger charge is -2.18. The molecule has 0 spiro atoms. The second kappa shape index (κ2) is 11.1. The van der Waals surface area contributed by atoms with Crippen molar-refractivity contribution in [3.8, 4) is 17.6 Å². The van der Waals surface area contributed by atoms with E-state index in [1.165, 1.54) is 5.56 Å². The van der Waals surface area contributed by atoms with Gasteiger partial charge in [-0.3, -0.25) is 0 Å². The van der Waals surface area contributed by atoms with Crippen molar-refractivity contribution in [2.75, 3.05) is 19.0 Å². The number of methoxy groups -OCH3 is 1. The number of ether oxygens (including phenoxy) is 1. The van der Waals surface area contributed by atoms with Crippen LogP contribution in [-0.2, 0) is 6.42 Å². The molecule has 1 heterocycles. The van der Waals surface area contributed by atoms with Crippen molar-refractivity contribution >= 4 is 32.7 Å². The SMILES string of the molecule is COc1cc2c(NC(C)c3cccc(Br)c3)nc(C)nc2cc1CCCCC#CCN. The summed E-state index contributed by atoms with van der Waals surface area (Å²) in [5, 5.41) is 4.52. The van der Waals surface area contributed by atoms with Crippen LogP contribution in [-0.4, -0.2) is 23.6 Å². The quantitative estimate of drug-likeness (QED) is 0.326. The van der Waals surface area contributed by atoms with E-state index in [1.54, 1.807) is 7.11 Å². The number of anilines is 1. The number of hydrogen-bond acceptors (Lipinski definition) is 5. The summed E-state index contributed by atoms with van der Waals surface area (Å²) in [6, 6.07) is 12.6. The lowest BCUT2D eigenvalue weighted by molar-refractivity contribution is 0.409. The Hall–Kier alpha value is -2.62. The number of nitrogens with zero attached hydrogens (tertiary/aromatic N) is 2. The van der Waals surface area contributed by atoms with Gasteiger partial charge >= 0.3 is 0 Å². The van der Waals surface area contributed by atoms with E-state index in [0.29, 0.717) is 6.54 Å². The summed E-state index contributed by atoms with van der Waals surface area (Å²) in [7, 11) is 1.71. The summed E-state index contributed by atoms with van der Waals surface area (Å²) >= 11 is 3.55. The van der Waals surface area contributed by atoms with Crippen molar-refractivity contribution < 1.29 is 4.74 Å². The molecule has 0 saturated carbocycles. The zero-order chi connectivity index (χ0) is 22.2. The predicted octanol–water partition coefficient (Wildman–Crippen LogP) is 5.56. The molecular formula is C25H29BrN4O. The van der Waals surface area contributed by atoms with E-state index in [2.05, 4.69) is 68.2 Å². The minimum absolute atomic E-state index is 0.0929. The van der Waals surface area contributed by atoms with Crippen LogP contribution < -0.4 is 15.8 Å². The molecule has 1 aromatic heterocycles. The maximum Gasteiger partial charge on any atom is 0.138 e. The molecule has 0 aliphatic heterocycles. The minimum Gasteiger partial charge on any atom is -0.496 e. The number of nitrogens with one attached hydrogen (secondary N) is 1. The Morgan fingerprint density at radius 3 is 2.74 bits per heavy atom. The van der Waals surface area contributed by atoms with Crippen molar-refractivity contribution in [3.63, 3.8) is 0 Å². The summed E-state index contributed by atoms with van der Waals surface area (Å²) in [6.45, 7) is 4.48. The van der Waals surface area contributed by atoms with Gasteiger partial charge < -0.3 is 15.8 Å². The number of nitrogens with two attached hydrogens (primary N) is 1. The van der Waals surface area contributed by atoms with Gasteiger partial charge in [-0.2, -0.15) is 0 Å². The summed E-state index contributed by atoms with van der Waals surface area (Å²) < 4.78 is 6.76. The average Bonchev–Trinajstić information content (AvgIpc) is 2.75. The van der Waals surface area contributed by atoms with Gasteiger partial charge in [-0.05, 0) is 68.5 Å². The van der Waals surface area contributed by atoms with Gasteiger partial charge in [0.05, 0.1) is 25.2 Å². The third kappa shape index (κ3) is 6.19. The highest BCUT2D eigenvalue weighted by Gasteiger charge is 2.14. The first-order chi connectivity index (χ1) is 15.0. The van der Waals surface area contributed by atoms with Crippen molar-refractivity contribution in [1.29, 1.82) is 0 Å². The molecule has 31 heavy (non-hydrogen) atoms. The molecule has 0 bridgehead atoms. The number of aryl methyl sites for hydroxylation is 2. The molecule has 0 saturated heterocycles. The van der Waals surface area contributed by atoms with E-state index in [-0.39, 0.29) is 6.04 Å². The van der Waals surface area contributed by atoms with Gasteiger partial charge in [-0.25, -0.2) is 9.97 Å². The topological polar surface area (TPSA) is 73.1 Å². The molecule has 3 aromatic rings. The van der Waals surface area contributed by atoms with Gasteiger partial charge in [0.25, 0.3) is 0 Å². The molecule has 0 aliphatic rings. The number of fused-ring (bicyclic) bond motifs is 1. The van der Waals surface area contributed by atoms with Gasteiger partial charge in [0.1, 0.15) is 17.4 Å². The average molecular weight is 481 g/mol. The zero-order valence-electron chi connectivity index (χ0n) is 18.3.